The summed E-state index contributed by atoms with van der Waals surface area (Å²) in [4.78, 5) is 13.8. The Hall–Kier alpha value is -1.44. The van der Waals surface area contributed by atoms with E-state index in [0.717, 1.165) is 11.3 Å². The minimum absolute atomic E-state index is 0.0168. The third-order valence-corrected chi connectivity index (χ3v) is 6.64. The lowest BCUT2D eigenvalue weighted by atomic mass is 10.1. The Bertz CT molecular complexity index is 724. The molecule has 0 aliphatic carbocycles. The van der Waals surface area contributed by atoms with Crippen molar-refractivity contribution in [2.24, 2.45) is 5.73 Å². The van der Waals surface area contributed by atoms with Gasteiger partial charge in [-0.15, -0.1) is 0 Å². The summed E-state index contributed by atoms with van der Waals surface area (Å²) in [5.41, 5.74) is 7.60. The second kappa shape index (κ2) is 5.89. The summed E-state index contributed by atoms with van der Waals surface area (Å²) >= 11 is 0. The van der Waals surface area contributed by atoms with Gasteiger partial charge in [-0.1, -0.05) is 0 Å². The Morgan fingerprint density at radius 2 is 1.91 bits per heavy atom. The zero-order valence-corrected chi connectivity index (χ0v) is 14.3. The van der Waals surface area contributed by atoms with Crippen molar-refractivity contribution in [1.29, 1.82) is 0 Å². The van der Waals surface area contributed by atoms with Crippen molar-refractivity contribution in [1.82, 2.24) is 4.31 Å². The average Bonchev–Trinajstić information content (AvgIpc) is 2.82. The lowest BCUT2D eigenvalue weighted by molar-refractivity contribution is -0.116. The maximum absolute atomic E-state index is 12.8. The predicted molar refractivity (Wildman–Crippen MR) is 88.7 cm³/mol. The van der Waals surface area contributed by atoms with Crippen LogP contribution in [0.15, 0.2) is 23.1 Å². The molecule has 126 valence electrons. The van der Waals surface area contributed by atoms with E-state index in [0.29, 0.717) is 37.2 Å². The summed E-state index contributed by atoms with van der Waals surface area (Å²) in [6.45, 7) is 4.45. The number of nitrogens with zero attached hydrogens (tertiary/aromatic N) is 2. The van der Waals surface area contributed by atoms with E-state index < -0.39 is 10.0 Å². The molecule has 1 saturated heterocycles. The van der Waals surface area contributed by atoms with Crippen LogP contribution in [0.5, 0.6) is 0 Å². The number of fused-ring (bicyclic) bond motifs is 1. The number of benzene rings is 1. The van der Waals surface area contributed by atoms with Crippen molar-refractivity contribution >= 4 is 21.6 Å². The fraction of sp³-hybridized carbons (Fsp3) is 0.562. The molecule has 2 aliphatic heterocycles. The van der Waals surface area contributed by atoms with Crippen LogP contribution in [0, 0.1) is 0 Å². The van der Waals surface area contributed by atoms with Gasteiger partial charge in [-0.05, 0) is 49.9 Å². The van der Waals surface area contributed by atoms with Crippen LogP contribution >= 0.6 is 0 Å². The Balaban J connectivity index is 1.91. The molecule has 6 nitrogen and oxygen atoms in total. The quantitative estimate of drug-likeness (QED) is 0.876. The standard InChI is InChI=1S/C16H23N3O3S/c1-11-9-13-10-15(3-4-16(13)19(11)12(2)20)23(21,22)18-7-5-14(17)6-8-18/h3-4,10-11,14H,5-9,17H2,1-2H3. The number of anilines is 1. The van der Waals surface area contributed by atoms with Crippen LogP contribution in [0.3, 0.4) is 0 Å². The van der Waals surface area contributed by atoms with Crippen molar-refractivity contribution < 1.29 is 13.2 Å². The van der Waals surface area contributed by atoms with Gasteiger partial charge in [-0.3, -0.25) is 4.79 Å². The van der Waals surface area contributed by atoms with Gasteiger partial charge in [0, 0.05) is 37.8 Å². The number of rotatable bonds is 2. The molecular weight excluding hydrogens is 314 g/mol. The Kier molecular flexibility index (Phi) is 4.20. The molecule has 3 rings (SSSR count). The van der Waals surface area contributed by atoms with Crippen LogP contribution in [-0.2, 0) is 21.2 Å². The highest BCUT2D eigenvalue weighted by atomic mass is 32.2. The number of carbonyl (C=O) groups excluding carboxylic acids is 1. The highest BCUT2D eigenvalue weighted by Crippen LogP contribution is 2.34. The SMILES string of the molecule is CC(=O)N1c2ccc(S(=O)(=O)N3CCC(N)CC3)cc2CC1C. The van der Waals surface area contributed by atoms with Gasteiger partial charge < -0.3 is 10.6 Å². The summed E-state index contributed by atoms with van der Waals surface area (Å²) in [5.74, 6) is -0.0168. The van der Waals surface area contributed by atoms with Gasteiger partial charge in [0.05, 0.1) is 4.90 Å². The lowest BCUT2D eigenvalue weighted by Gasteiger charge is -2.29. The number of piperidine rings is 1. The summed E-state index contributed by atoms with van der Waals surface area (Å²) in [6.07, 6.45) is 2.07. The Morgan fingerprint density at radius 1 is 1.26 bits per heavy atom. The molecule has 0 spiro atoms. The van der Waals surface area contributed by atoms with Crippen molar-refractivity contribution in [2.45, 2.75) is 50.1 Å². The third-order valence-electron chi connectivity index (χ3n) is 4.74. The number of hydrogen-bond donors (Lipinski definition) is 1. The number of sulfonamides is 1. The summed E-state index contributed by atoms with van der Waals surface area (Å²) < 4.78 is 27.1. The molecule has 1 atom stereocenters. The molecule has 1 unspecified atom stereocenters. The Morgan fingerprint density at radius 3 is 2.52 bits per heavy atom. The molecular formula is C16H23N3O3S. The molecule has 2 aliphatic rings. The van der Waals surface area contributed by atoms with Crippen LogP contribution in [0.1, 0.15) is 32.3 Å². The zero-order chi connectivity index (χ0) is 16.8. The van der Waals surface area contributed by atoms with E-state index in [-0.39, 0.29) is 18.0 Å². The molecule has 1 amide bonds. The number of amides is 1. The van der Waals surface area contributed by atoms with E-state index in [1.807, 2.05) is 6.92 Å². The first kappa shape index (κ1) is 16.4. The largest absolute Gasteiger partial charge is 0.328 e. The van der Waals surface area contributed by atoms with Crippen LogP contribution in [0.4, 0.5) is 5.69 Å². The van der Waals surface area contributed by atoms with Gasteiger partial charge in [-0.25, -0.2) is 8.42 Å². The van der Waals surface area contributed by atoms with Crippen LogP contribution in [0.25, 0.3) is 0 Å². The second-order valence-electron chi connectivity index (χ2n) is 6.47. The highest BCUT2D eigenvalue weighted by molar-refractivity contribution is 7.89. The topological polar surface area (TPSA) is 83.7 Å². The summed E-state index contributed by atoms with van der Waals surface area (Å²) in [5, 5.41) is 0. The zero-order valence-electron chi connectivity index (χ0n) is 13.5. The fourth-order valence-electron chi connectivity index (χ4n) is 3.51. The van der Waals surface area contributed by atoms with E-state index in [1.165, 1.54) is 11.2 Å². The van der Waals surface area contributed by atoms with E-state index in [1.54, 1.807) is 23.1 Å². The third kappa shape index (κ3) is 2.88. The molecule has 1 aromatic rings. The van der Waals surface area contributed by atoms with Crippen LogP contribution in [-0.4, -0.2) is 43.8 Å². The van der Waals surface area contributed by atoms with Crippen LogP contribution in [0.2, 0.25) is 0 Å². The minimum Gasteiger partial charge on any atom is -0.328 e. The highest BCUT2D eigenvalue weighted by Gasteiger charge is 2.32. The predicted octanol–water partition coefficient (Wildman–Crippen LogP) is 1.10. The summed E-state index contributed by atoms with van der Waals surface area (Å²) in [7, 11) is -3.49. The number of hydrogen-bond acceptors (Lipinski definition) is 4. The molecule has 1 fully saturated rings. The normalized spacial score (nSPS) is 23.1. The molecule has 0 saturated carbocycles. The van der Waals surface area contributed by atoms with Gasteiger partial charge in [0.15, 0.2) is 0 Å². The van der Waals surface area contributed by atoms with Crippen molar-refractivity contribution in [3.8, 4) is 0 Å². The molecule has 2 heterocycles. The van der Waals surface area contributed by atoms with E-state index >= 15 is 0 Å². The lowest BCUT2D eigenvalue weighted by Crippen LogP contribution is -2.42. The van der Waals surface area contributed by atoms with Gasteiger partial charge >= 0.3 is 0 Å². The Labute approximate surface area is 137 Å². The van der Waals surface area contributed by atoms with Gasteiger partial charge in [-0.2, -0.15) is 4.31 Å². The average molecular weight is 337 g/mol. The van der Waals surface area contributed by atoms with Gasteiger partial charge in [0.2, 0.25) is 15.9 Å². The van der Waals surface area contributed by atoms with E-state index in [2.05, 4.69) is 0 Å². The maximum Gasteiger partial charge on any atom is 0.243 e. The minimum atomic E-state index is -3.49. The monoisotopic (exact) mass is 337 g/mol. The van der Waals surface area contributed by atoms with Crippen molar-refractivity contribution in [2.75, 3.05) is 18.0 Å². The first-order valence-electron chi connectivity index (χ1n) is 7.99. The molecule has 23 heavy (non-hydrogen) atoms. The fourth-order valence-corrected chi connectivity index (χ4v) is 5.03. The number of nitrogens with two attached hydrogens (primary N) is 1. The molecule has 0 aromatic heterocycles. The van der Waals surface area contributed by atoms with Crippen molar-refractivity contribution in [3.63, 3.8) is 0 Å². The smallest absolute Gasteiger partial charge is 0.243 e. The molecule has 2 N–H and O–H groups in total. The number of carbonyl (C=O) groups is 1. The van der Waals surface area contributed by atoms with E-state index in [9.17, 15) is 13.2 Å². The molecule has 1 aromatic carbocycles. The van der Waals surface area contributed by atoms with E-state index in [4.69, 9.17) is 5.73 Å². The molecule has 0 bridgehead atoms. The maximum atomic E-state index is 12.8. The molecule has 7 heteroatoms. The molecule has 0 radical (unpaired) electrons. The van der Waals surface area contributed by atoms with Gasteiger partial charge in [0.1, 0.15) is 0 Å². The first-order valence-corrected chi connectivity index (χ1v) is 9.43. The van der Waals surface area contributed by atoms with Crippen molar-refractivity contribution in [3.05, 3.63) is 23.8 Å². The second-order valence-corrected chi connectivity index (χ2v) is 8.41. The van der Waals surface area contributed by atoms with Crippen LogP contribution < -0.4 is 10.6 Å². The summed E-state index contributed by atoms with van der Waals surface area (Å²) in [6, 6.07) is 5.23. The van der Waals surface area contributed by atoms with Gasteiger partial charge in [0.25, 0.3) is 0 Å². The first-order chi connectivity index (χ1) is 10.8.